The van der Waals surface area contributed by atoms with Crippen molar-refractivity contribution in [3.8, 4) is 28.1 Å². The quantitative estimate of drug-likeness (QED) is 0.541. The van der Waals surface area contributed by atoms with E-state index in [2.05, 4.69) is 35.6 Å². The first kappa shape index (κ1) is 22.2. The molecule has 5 rings (SSSR count). The number of benzene rings is 1. The molecular formula is C19H23Cl2N7O2. The summed E-state index contributed by atoms with van der Waals surface area (Å²) in [5, 5.41) is 29.2. The Hall–Kier alpha value is -2.46. The van der Waals surface area contributed by atoms with Crippen molar-refractivity contribution in [3.05, 3.63) is 36.8 Å². The zero-order valence-electron chi connectivity index (χ0n) is 16.1. The van der Waals surface area contributed by atoms with Crippen LogP contribution in [0.3, 0.4) is 0 Å². The van der Waals surface area contributed by atoms with Gasteiger partial charge in [-0.3, -0.25) is 10.4 Å². The third-order valence-corrected chi connectivity index (χ3v) is 5.25. The molecule has 0 radical (unpaired) electrons. The van der Waals surface area contributed by atoms with E-state index in [0.717, 1.165) is 43.7 Å². The minimum atomic E-state index is 0. The molecule has 2 saturated heterocycles. The number of hydrogen-bond acceptors (Lipinski definition) is 8. The van der Waals surface area contributed by atoms with Crippen molar-refractivity contribution in [1.82, 2.24) is 30.7 Å². The second-order valence-electron chi connectivity index (χ2n) is 7.11. The number of aromatic nitrogens is 5. The molecule has 2 unspecified atom stereocenters. The number of nitrogens with zero attached hydrogens (tertiary/aromatic N) is 5. The second kappa shape index (κ2) is 9.57. The molecule has 4 heterocycles. The van der Waals surface area contributed by atoms with E-state index in [1.165, 1.54) is 0 Å². The first-order valence-corrected chi connectivity index (χ1v) is 9.41. The molecule has 0 aliphatic carbocycles. The lowest BCUT2D eigenvalue weighted by Gasteiger charge is -2.30. The van der Waals surface area contributed by atoms with Gasteiger partial charge in [0.25, 0.3) is 0 Å². The summed E-state index contributed by atoms with van der Waals surface area (Å²) >= 11 is 0. The molecule has 160 valence electrons. The minimum Gasteiger partial charge on any atom is -0.507 e. The van der Waals surface area contributed by atoms with E-state index in [0.29, 0.717) is 23.2 Å². The summed E-state index contributed by atoms with van der Waals surface area (Å²) < 4.78 is 5.44. The summed E-state index contributed by atoms with van der Waals surface area (Å²) in [6.45, 7) is 2.57. The molecule has 30 heavy (non-hydrogen) atoms. The van der Waals surface area contributed by atoms with Gasteiger partial charge in [-0.25, -0.2) is 4.98 Å². The van der Waals surface area contributed by atoms with Crippen LogP contribution in [0.1, 0.15) is 12.8 Å². The number of aromatic hydroxyl groups is 1. The minimum absolute atomic E-state index is 0. The Morgan fingerprint density at radius 1 is 1.13 bits per heavy atom. The predicted molar refractivity (Wildman–Crippen MR) is 117 cm³/mol. The lowest BCUT2D eigenvalue weighted by molar-refractivity contribution is -0.0754. The lowest BCUT2D eigenvalue weighted by atomic mass is 10.0. The molecule has 1 aromatic carbocycles. The van der Waals surface area contributed by atoms with Gasteiger partial charge >= 0.3 is 0 Å². The maximum atomic E-state index is 10.4. The number of hydrogen-bond donors (Lipinski definition) is 3. The van der Waals surface area contributed by atoms with Crippen LogP contribution >= 0.6 is 24.8 Å². The van der Waals surface area contributed by atoms with E-state index in [9.17, 15) is 5.11 Å². The van der Waals surface area contributed by atoms with Crippen LogP contribution in [0.25, 0.3) is 22.4 Å². The van der Waals surface area contributed by atoms with E-state index in [-0.39, 0.29) is 36.8 Å². The number of aromatic amines is 1. The summed E-state index contributed by atoms with van der Waals surface area (Å²) in [7, 11) is 0. The van der Waals surface area contributed by atoms with Crippen molar-refractivity contribution in [2.45, 2.75) is 25.1 Å². The first-order valence-electron chi connectivity index (χ1n) is 9.41. The number of rotatable bonds is 5. The van der Waals surface area contributed by atoms with E-state index < -0.39 is 0 Å². The van der Waals surface area contributed by atoms with Crippen molar-refractivity contribution in [2.24, 2.45) is 0 Å². The van der Waals surface area contributed by atoms with Crippen LogP contribution in [0.5, 0.6) is 5.75 Å². The molecule has 3 aromatic rings. The highest BCUT2D eigenvalue weighted by Crippen LogP contribution is 2.32. The van der Waals surface area contributed by atoms with Crippen molar-refractivity contribution >= 4 is 30.8 Å². The number of phenols is 1. The van der Waals surface area contributed by atoms with Crippen molar-refractivity contribution < 1.29 is 9.84 Å². The predicted octanol–water partition coefficient (Wildman–Crippen LogP) is 2.39. The van der Waals surface area contributed by atoms with Crippen LogP contribution in [-0.2, 0) is 4.74 Å². The smallest absolute Gasteiger partial charge is 0.245 e. The molecule has 11 heteroatoms. The number of H-pyrrole nitrogens is 1. The zero-order valence-corrected chi connectivity index (χ0v) is 17.7. The van der Waals surface area contributed by atoms with Gasteiger partial charge in [-0.05, 0) is 24.1 Å². The largest absolute Gasteiger partial charge is 0.507 e. The Kier molecular flexibility index (Phi) is 7.09. The van der Waals surface area contributed by atoms with Crippen LogP contribution in [-0.4, -0.2) is 62.5 Å². The van der Waals surface area contributed by atoms with Gasteiger partial charge < -0.3 is 14.7 Å². The van der Waals surface area contributed by atoms with Gasteiger partial charge in [0.1, 0.15) is 17.7 Å². The molecule has 9 nitrogen and oxygen atoms in total. The summed E-state index contributed by atoms with van der Waals surface area (Å²) in [5.74, 6) is 0.741. The van der Waals surface area contributed by atoms with Gasteiger partial charge in [0.2, 0.25) is 5.95 Å². The molecular weight excluding hydrogens is 429 g/mol. The topological polar surface area (TPSA) is 112 Å². The van der Waals surface area contributed by atoms with Gasteiger partial charge in [-0.2, -0.15) is 5.10 Å². The molecule has 0 spiro atoms. The van der Waals surface area contributed by atoms with E-state index in [1.807, 2.05) is 12.1 Å². The number of nitrogens with one attached hydrogen (secondary N) is 2. The highest BCUT2D eigenvalue weighted by Gasteiger charge is 2.29. The molecule has 2 aromatic heterocycles. The average Bonchev–Trinajstić information content (AvgIpc) is 3.37. The summed E-state index contributed by atoms with van der Waals surface area (Å²) in [6.07, 6.45) is 7.44. The molecule has 2 atom stereocenters. The summed E-state index contributed by atoms with van der Waals surface area (Å²) in [6, 6.07) is 5.80. The van der Waals surface area contributed by atoms with Gasteiger partial charge in [0, 0.05) is 42.9 Å². The normalized spacial score (nSPS) is 20.2. The number of ether oxygens (including phenoxy) is 1. The van der Waals surface area contributed by atoms with Crippen LogP contribution in [0, 0.1) is 0 Å². The Bertz CT molecular complexity index is 952. The third-order valence-electron chi connectivity index (χ3n) is 5.25. The Morgan fingerprint density at radius 3 is 2.63 bits per heavy atom. The number of phenolic OH excluding ortho intramolecular Hbond substituents is 1. The van der Waals surface area contributed by atoms with Crippen LogP contribution < -0.4 is 10.2 Å². The Balaban J connectivity index is 0.00000128. The Labute approximate surface area is 186 Å². The fourth-order valence-corrected chi connectivity index (χ4v) is 3.58. The van der Waals surface area contributed by atoms with E-state index in [1.54, 1.807) is 24.7 Å². The van der Waals surface area contributed by atoms with Crippen molar-refractivity contribution in [1.29, 1.82) is 0 Å². The van der Waals surface area contributed by atoms with Gasteiger partial charge in [0.15, 0.2) is 0 Å². The maximum absolute atomic E-state index is 10.4. The van der Waals surface area contributed by atoms with Crippen LogP contribution in [0.15, 0.2) is 36.8 Å². The first-order chi connectivity index (χ1) is 13.8. The monoisotopic (exact) mass is 451 g/mol. The lowest BCUT2D eigenvalue weighted by Crippen LogP contribution is -2.47. The molecule has 0 saturated carbocycles. The Morgan fingerprint density at radius 2 is 2.00 bits per heavy atom. The summed E-state index contributed by atoms with van der Waals surface area (Å²) in [5.41, 5.74) is 2.92. The zero-order chi connectivity index (χ0) is 18.9. The van der Waals surface area contributed by atoms with Gasteiger partial charge in [-0.15, -0.1) is 35.0 Å². The average molecular weight is 452 g/mol. The van der Waals surface area contributed by atoms with E-state index >= 15 is 0 Å². The number of anilines is 1. The number of halogens is 2. The van der Waals surface area contributed by atoms with Gasteiger partial charge in [-0.1, -0.05) is 6.07 Å². The SMILES string of the molecule is Cl.Cl.Oc1cc(-c2cn[nH]c2)ccc1-c1cnc(N2CCC(NC3CCO3)C2)nn1. The molecule has 0 amide bonds. The molecule has 2 aliphatic heterocycles. The molecule has 2 aliphatic rings. The van der Waals surface area contributed by atoms with Crippen molar-refractivity contribution in [2.75, 3.05) is 24.6 Å². The van der Waals surface area contributed by atoms with Gasteiger partial charge in [0.05, 0.1) is 19.0 Å². The highest BCUT2D eigenvalue weighted by atomic mass is 35.5. The second-order valence-corrected chi connectivity index (χ2v) is 7.11. The van der Waals surface area contributed by atoms with Crippen LogP contribution in [0.4, 0.5) is 5.95 Å². The molecule has 3 N–H and O–H groups in total. The highest BCUT2D eigenvalue weighted by molar-refractivity contribution is 5.85. The van der Waals surface area contributed by atoms with Crippen LogP contribution in [0.2, 0.25) is 0 Å². The maximum Gasteiger partial charge on any atom is 0.245 e. The molecule has 2 fully saturated rings. The van der Waals surface area contributed by atoms with Crippen molar-refractivity contribution in [3.63, 3.8) is 0 Å². The summed E-state index contributed by atoms with van der Waals surface area (Å²) in [4.78, 5) is 6.59. The van der Waals surface area contributed by atoms with E-state index in [4.69, 9.17) is 4.74 Å². The standard InChI is InChI=1S/C19H21N7O2.2ClH/c27-17-7-12(13-8-21-22-9-13)1-2-15(17)16-10-20-19(25-24-16)26-5-3-14(11-26)23-18-4-6-28-18;;/h1-2,7-10,14,18,23,27H,3-6,11H2,(H,21,22);2*1H. The fraction of sp³-hybridized carbons (Fsp3) is 0.368. The molecule has 0 bridgehead atoms. The fourth-order valence-electron chi connectivity index (χ4n) is 3.58. The third kappa shape index (κ3) is 4.49.